The normalized spacial score (nSPS) is 12.3. The zero-order valence-electron chi connectivity index (χ0n) is 11.5. The number of nitrogens with one attached hydrogen (secondary N) is 1. The van der Waals surface area contributed by atoms with Crippen molar-refractivity contribution in [2.45, 2.75) is 32.2 Å². The number of carbonyl (C=O) groups is 1. The van der Waals surface area contributed by atoms with Gasteiger partial charge >= 0.3 is 0 Å². The Bertz CT molecular complexity index is 416. The molecule has 0 saturated carbocycles. The van der Waals surface area contributed by atoms with Crippen LogP contribution in [0.1, 0.15) is 30.9 Å². The Morgan fingerprint density at radius 2 is 2.11 bits per heavy atom. The molecule has 0 aliphatic carbocycles. The van der Waals surface area contributed by atoms with Crippen LogP contribution in [0.5, 0.6) is 5.75 Å². The van der Waals surface area contributed by atoms with Crippen LogP contribution in [0.3, 0.4) is 0 Å². The summed E-state index contributed by atoms with van der Waals surface area (Å²) in [6, 6.07) is 5.48. The van der Waals surface area contributed by atoms with Gasteiger partial charge in [-0.3, -0.25) is 4.79 Å². The van der Waals surface area contributed by atoms with E-state index in [2.05, 4.69) is 25.2 Å². The minimum absolute atomic E-state index is 0.160. The van der Waals surface area contributed by atoms with E-state index in [4.69, 9.17) is 10.5 Å². The van der Waals surface area contributed by atoms with Crippen molar-refractivity contribution >= 4 is 5.91 Å². The summed E-state index contributed by atoms with van der Waals surface area (Å²) in [6.07, 6.45) is 0.476. The van der Waals surface area contributed by atoms with Crippen molar-refractivity contribution in [2.75, 3.05) is 14.2 Å². The molecule has 0 aromatic heterocycles. The third kappa shape index (κ3) is 3.47. The molecule has 0 aliphatic heterocycles. The number of hydrogen-bond acceptors (Lipinski definition) is 3. The lowest BCUT2D eigenvalue weighted by Crippen LogP contribution is -2.40. The van der Waals surface area contributed by atoms with E-state index in [0.717, 1.165) is 11.3 Å². The average molecular weight is 250 g/mol. The van der Waals surface area contributed by atoms with Gasteiger partial charge in [-0.05, 0) is 23.1 Å². The molecule has 0 radical (unpaired) electrons. The van der Waals surface area contributed by atoms with Crippen LogP contribution in [0, 0.1) is 0 Å². The maximum absolute atomic E-state index is 11.5. The summed E-state index contributed by atoms with van der Waals surface area (Å²) >= 11 is 0. The highest BCUT2D eigenvalue weighted by Gasteiger charge is 2.15. The van der Waals surface area contributed by atoms with Crippen LogP contribution in [0.15, 0.2) is 18.2 Å². The maximum Gasteiger partial charge on any atom is 0.237 e. The lowest BCUT2D eigenvalue weighted by atomic mass is 9.97. The Morgan fingerprint density at radius 3 is 2.61 bits per heavy atom. The molecule has 4 nitrogen and oxygen atoms in total. The first-order valence-electron chi connectivity index (χ1n) is 6.13. The highest BCUT2D eigenvalue weighted by molar-refractivity contribution is 5.81. The molecular formula is C14H22N2O2. The van der Waals surface area contributed by atoms with Gasteiger partial charge in [-0.25, -0.2) is 0 Å². The maximum atomic E-state index is 11.5. The van der Waals surface area contributed by atoms with Crippen LogP contribution in [0.4, 0.5) is 0 Å². The molecule has 0 spiro atoms. The fraction of sp³-hybridized carbons (Fsp3) is 0.500. The molecule has 0 fully saturated rings. The van der Waals surface area contributed by atoms with Crippen LogP contribution in [-0.4, -0.2) is 26.1 Å². The van der Waals surface area contributed by atoms with E-state index in [1.54, 1.807) is 14.2 Å². The zero-order valence-corrected chi connectivity index (χ0v) is 11.5. The second kappa shape index (κ2) is 6.40. The molecule has 1 aromatic carbocycles. The van der Waals surface area contributed by atoms with E-state index in [1.807, 2.05) is 12.1 Å². The lowest BCUT2D eigenvalue weighted by Gasteiger charge is -2.15. The van der Waals surface area contributed by atoms with Crippen molar-refractivity contribution in [3.05, 3.63) is 29.3 Å². The van der Waals surface area contributed by atoms with Crippen molar-refractivity contribution in [3.63, 3.8) is 0 Å². The first-order valence-corrected chi connectivity index (χ1v) is 6.13. The summed E-state index contributed by atoms with van der Waals surface area (Å²) < 4.78 is 5.31. The van der Waals surface area contributed by atoms with Crippen molar-refractivity contribution in [3.8, 4) is 5.75 Å². The Kier molecular flexibility index (Phi) is 5.16. The SMILES string of the molecule is CNC(=O)C(N)Cc1cc(C(C)C)ccc1OC. The summed E-state index contributed by atoms with van der Waals surface area (Å²) in [4.78, 5) is 11.5. The Balaban J connectivity index is 2.97. The minimum atomic E-state index is -0.550. The van der Waals surface area contributed by atoms with Crippen LogP contribution in [0.25, 0.3) is 0 Å². The monoisotopic (exact) mass is 250 g/mol. The highest BCUT2D eigenvalue weighted by atomic mass is 16.5. The van der Waals surface area contributed by atoms with Gasteiger partial charge in [0.2, 0.25) is 5.91 Å². The fourth-order valence-corrected chi connectivity index (χ4v) is 1.83. The van der Waals surface area contributed by atoms with Crippen molar-refractivity contribution < 1.29 is 9.53 Å². The van der Waals surface area contributed by atoms with E-state index in [0.29, 0.717) is 12.3 Å². The molecule has 1 rings (SSSR count). The Morgan fingerprint density at radius 1 is 1.44 bits per heavy atom. The van der Waals surface area contributed by atoms with Crippen LogP contribution >= 0.6 is 0 Å². The molecule has 1 amide bonds. The van der Waals surface area contributed by atoms with Gasteiger partial charge < -0.3 is 15.8 Å². The number of likely N-dealkylation sites (N-methyl/N-ethyl adjacent to an activating group) is 1. The molecular weight excluding hydrogens is 228 g/mol. The molecule has 4 heteroatoms. The number of carbonyl (C=O) groups excluding carboxylic acids is 1. The second-order valence-electron chi connectivity index (χ2n) is 4.65. The van der Waals surface area contributed by atoms with E-state index in [-0.39, 0.29) is 5.91 Å². The van der Waals surface area contributed by atoms with Crippen LogP contribution < -0.4 is 15.8 Å². The van der Waals surface area contributed by atoms with Gasteiger partial charge in [-0.1, -0.05) is 26.0 Å². The van der Waals surface area contributed by atoms with Gasteiger partial charge in [0.05, 0.1) is 13.2 Å². The lowest BCUT2D eigenvalue weighted by molar-refractivity contribution is -0.121. The molecule has 0 saturated heterocycles. The molecule has 1 unspecified atom stereocenters. The number of benzene rings is 1. The molecule has 1 aromatic rings. The van der Waals surface area contributed by atoms with Crippen molar-refractivity contribution in [1.29, 1.82) is 0 Å². The number of hydrogen-bond donors (Lipinski definition) is 2. The van der Waals surface area contributed by atoms with E-state index < -0.39 is 6.04 Å². The van der Waals surface area contributed by atoms with E-state index >= 15 is 0 Å². The third-order valence-corrected chi connectivity index (χ3v) is 2.99. The molecule has 0 heterocycles. The quantitative estimate of drug-likeness (QED) is 0.831. The van der Waals surface area contributed by atoms with Crippen LogP contribution in [0.2, 0.25) is 0 Å². The fourth-order valence-electron chi connectivity index (χ4n) is 1.83. The summed E-state index contributed by atoms with van der Waals surface area (Å²) in [5, 5.41) is 2.56. The second-order valence-corrected chi connectivity index (χ2v) is 4.65. The number of rotatable bonds is 5. The molecule has 1 atom stereocenters. The van der Waals surface area contributed by atoms with Crippen LogP contribution in [-0.2, 0) is 11.2 Å². The highest BCUT2D eigenvalue weighted by Crippen LogP contribution is 2.25. The standard InChI is InChI=1S/C14H22N2O2/c1-9(2)10-5-6-13(18-4)11(7-10)8-12(15)14(17)16-3/h5-7,9,12H,8,15H2,1-4H3,(H,16,17). The van der Waals surface area contributed by atoms with Gasteiger partial charge in [0, 0.05) is 13.5 Å². The zero-order chi connectivity index (χ0) is 13.7. The summed E-state index contributed by atoms with van der Waals surface area (Å²) in [7, 11) is 3.21. The summed E-state index contributed by atoms with van der Waals surface area (Å²) in [5.41, 5.74) is 8.03. The first kappa shape index (κ1) is 14.5. The van der Waals surface area contributed by atoms with E-state index in [9.17, 15) is 4.79 Å². The smallest absolute Gasteiger partial charge is 0.237 e. The molecule has 3 N–H and O–H groups in total. The topological polar surface area (TPSA) is 64.4 Å². The van der Waals surface area contributed by atoms with Crippen molar-refractivity contribution in [2.24, 2.45) is 5.73 Å². The van der Waals surface area contributed by atoms with E-state index in [1.165, 1.54) is 5.56 Å². The molecule has 0 bridgehead atoms. The third-order valence-electron chi connectivity index (χ3n) is 2.99. The van der Waals surface area contributed by atoms with Gasteiger partial charge in [-0.2, -0.15) is 0 Å². The number of nitrogens with two attached hydrogens (primary N) is 1. The van der Waals surface area contributed by atoms with Gasteiger partial charge in [0.15, 0.2) is 0 Å². The van der Waals surface area contributed by atoms with Gasteiger partial charge in [0.25, 0.3) is 0 Å². The predicted octanol–water partition coefficient (Wildman–Crippen LogP) is 1.43. The van der Waals surface area contributed by atoms with Gasteiger partial charge in [-0.15, -0.1) is 0 Å². The summed E-state index contributed by atoms with van der Waals surface area (Å²) in [5.74, 6) is 1.05. The minimum Gasteiger partial charge on any atom is -0.496 e. The summed E-state index contributed by atoms with van der Waals surface area (Å²) in [6.45, 7) is 4.26. The number of ether oxygens (including phenoxy) is 1. The predicted molar refractivity (Wildman–Crippen MR) is 72.8 cm³/mol. The molecule has 18 heavy (non-hydrogen) atoms. The molecule has 100 valence electrons. The first-order chi connectivity index (χ1) is 8.49. The van der Waals surface area contributed by atoms with Crippen molar-refractivity contribution in [1.82, 2.24) is 5.32 Å². The Labute approximate surface area is 109 Å². The number of methoxy groups -OCH3 is 1. The average Bonchev–Trinajstić information content (AvgIpc) is 2.37. The Hall–Kier alpha value is -1.55. The van der Waals surface area contributed by atoms with Gasteiger partial charge in [0.1, 0.15) is 5.75 Å². The number of amides is 1. The molecule has 0 aliphatic rings. The largest absolute Gasteiger partial charge is 0.496 e.